The second-order valence-electron chi connectivity index (χ2n) is 8.66. The number of aryl methyl sites for hydroxylation is 2. The van der Waals surface area contributed by atoms with Crippen molar-refractivity contribution in [2.24, 2.45) is 0 Å². The van der Waals surface area contributed by atoms with E-state index in [0.29, 0.717) is 25.5 Å². The Morgan fingerprint density at radius 3 is 2.43 bits per heavy atom. The third-order valence-electron chi connectivity index (χ3n) is 6.28. The van der Waals surface area contributed by atoms with E-state index in [1.54, 1.807) is 0 Å². The van der Waals surface area contributed by atoms with Gasteiger partial charge in [0.05, 0.1) is 13.2 Å². The molecule has 4 nitrogen and oxygen atoms in total. The summed E-state index contributed by atoms with van der Waals surface area (Å²) < 4.78 is 13.8. The lowest BCUT2D eigenvalue weighted by atomic mass is 10.00. The Hall–Kier alpha value is -4.05. The molecule has 0 saturated carbocycles. The molecule has 0 aliphatic heterocycles. The molecule has 1 aromatic heterocycles. The van der Waals surface area contributed by atoms with Gasteiger partial charge >= 0.3 is 5.97 Å². The zero-order valence-electron chi connectivity index (χ0n) is 20.2. The molecule has 1 heterocycles. The molecule has 5 aromatic rings. The quantitative estimate of drug-likeness (QED) is 0.178. The van der Waals surface area contributed by atoms with Gasteiger partial charge in [0, 0.05) is 28.4 Å². The second-order valence-corrected chi connectivity index (χ2v) is 8.66. The van der Waals surface area contributed by atoms with E-state index in [4.69, 9.17) is 9.47 Å². The Bertz CT molecular complexity index is 1490. The summed E-state index contributed by atoms with van der Waals surface area (Å²) in [4.78, 5) is 13.2. The van der Waals surface area contributed by atoms with Gasteiger partial charge in [-0.05, 0) is 43.4 Å². The van der Waals surface area contributed by atoms with E-state index in [9.17, 15) is 4.79 Å². The van der Waals surface area contributed by atoms with E-state index in [1.165, 1.54) is 0 Å². The van der Waals surface area contributed by atoms with Gasteiger partial charge in [-0.1, -0.05) is 84.4 Å². The fraction of sp³-hybridized carbons (Fsp3) is 0.194. The molecule has 0 atom stereocenters. The Balaban J connectivity index is 1.48. The van der Waals surface area contributed by atoms with Crippen LogP contribution in [0, 0.1) is 6.92 Å². The summed E-state index contributed by atoms with van der Waals surface area (Å²) in [5.41, 5.74) is 4.73. The first-order valence-corrected chi connectivity index (χ1v) is 12.1. The van der Waals surface area contributed by atoms with Gasteiger partial charge < -0.3 is 14.0 Å². The SMILES string of the molecule is CCOC(=O)c1c(-c2cccc(C)c2)c2ccccc2n1CCCOc1cccc2ccccc12. The van der Waals surface area contributed by atoms with E-state index >= 15 is 0 Å². The number of ether oxygens (including phenoxy) is 2. The van der Waals surface area contributed by atoms with E-state index < -0.39 is 0 Å². The molecule has 176 valence electrons. The molecule has 0 radical (unpaired) electrons. The van der Waals surface area contributed by atoms with Gasteiger partial charge in [0.15, 0.2) is 0 Å². The number of benzene rings is 4. The normalized spacial score (nSPS) is 11.1. The van der Waals surface area contributed by atoms with Crippen molar-refractivity contribution in [2.45, 2.75) is 26.8 Å². The third kappa shape index (κ3) is 4.52. The lowest BCUT2D eigenvalue weighted by Gasteiger charge is -2.13. The highest BCUT2D eigenvalue weighted by Gasteiger charge is 2.24. The van der Waals surface area contributed by atoms with Crippen molar-refractivity contribution in [1.29, 1.82) is 0 Å². The van der Waals surface area contributed by atoms with Gasteiger partial charge in [-0.25, -0.2) is 4.79 Å². The smallest absolute Gasteiger partial charge is 0.355 e. The average Bonchev–Trinajstić information content (AvgIpc) is 3.21. The Morgan fingerprint density at radius 1 is 0.857 bits per heavy atom. The van der Waals surface area contributed by atoms with Crippen LogP contribution in [0.15, 0.2) is 91.0 Å². The van der Waals surface area contributed by atoms with Gasteiger partial charge in [0.2, 0.25) is 0 Å². The van der Waals surface area contributed by atoms with Crippen LogP contribution in [-0.4, -0.2) is 23.8 Å². The van der Waals surface area contributed by atoms with E-state index in [2.05, 4.69) is 60.0 Å². The topological polar surface area (TPSA) is 40.5 Å². The van der Waals surface area contributed by atoms with Crippen molar-refractivity contribution in [3.63, 3.8) is 0 Å². The number of rotatable bonds is 8. The molecule has 4 aromatic carbocycles. The third-order valence-corrected chi connectivity index (χ3v) is 6.28. The second kappa shape index (κ2) is 10.1. The van der Waals surface area contributed by atoms with Crippen molar-refractivity contribution < 1.29 is 14.3 Å². The van der Waals surface area contributed by atoms with Crippen LogP contribution < -0.4 is 4.74 Å². The minimum Gasteiger partial charge on any atom is -0.493 e. The summed E-state index contributed by atoms with van der Waals surface area (Å²) >= 11 is 0. The summed E-state index contributed by atoms with van der Waals surface area (Å²) in [5.74, 6) is 0.585. The Labute approximate surface area is 205 Å². The molecule has 0 aliphatic rings. The van der Waals surface area contributed by atoms with Crippen LogP contribution in [0.5, 0.6) is 5.75 Å². The van der Waals surface area contributed by atoms with Crippen molar-refractivity contribution in [1.82, 2.24) is 4.57 Å². The molecule has 4 heteroatoms. The predicted molar refractivity (Wildman–Crippen MR) is 142 cm³/mol. The van der Waals surface area contributed by atoms with Gasteiger partial charge in [-0.2, -0.15) is 0 Å². The Kier molecular flexibility index (Phi) is 6.53. The number of carbonyl (C=O) groups is 1. The van der Waals surface area contributed by atoms with Gasteiger partial charge in [-0.15, -0.1) is 0 Å². The van der Waals surface area contributed by atoms with Crippen LogP contribution in [0.3, 0.4) is 0 Å². The first kappa shape index (κ1) is 22.7. The van der Waals surface area contributed by atoms with Crippen molar-refractivity contribution in [3.05, 3.63) is 102 Å². The first-order chi connectivity index (χ1) is 17.2. The average molecular weight is 464 g/mol. The maximum atomic E-state index is 13.2. The highest BCUT2D eigenvalue weighted by molar-refractivity contribution is 6.08. The van der Waals surface area contributed by atoms with Crippen LogP contribution >= 0.6 is 0 Å². The lowest BCUT2D eigenvalue weighted by Crippen LogP contribution is -2.15. The standard InChI is InChI=1S/C31H29NO3/c1-3-34-31(33)30-29(24-14-8-11-22(2)21-24)26-16-6-7-17-27(26)32(30)19-10-20-35-28-18-9-13-23-12-4-5-15-25(23)28/h4-9,11-18,21H,3,10,19-20H2,1-2H3. The largest absolute Gasteiger partial charge is 0.493 e. The van der Waals surface area contributed by atoms with Crippen molar-refractivity contribution in [2.75, 3.05) is 13.2 Å². The molecule has 35 heavy (non-hydrogen) atoms. The molecule has 0 amide bonds. The maximum Gasteiger partial charge on any atom is 0.355 e. The van der Waals surface area contributed by atoms with Gasteiger partial charge in [0.1, 0.15) is 11.4 Å². The zero-order chi connectivity index (χ0) is 24.2. The zero-order valence-corrected chi connectivity index (χ0v) is 20.2. The molecule has 0 fully saturated rings. The molecule has 0 saturated heterocycles. The van der Waals surface area contributed by atoms with E-state index in [1.807, 2.05) is 49.4 Å². The monoisotopic (exact) mass is 463 g/mol. The van der Waals surface area contributed by atoms with Crippen LogP contribution in [0.2, 0.25) is 0 Å². The fourth-order valence-electron chi connectivity index (χ4n) is 4.77. The molecule has 0 spiro atoms. The number of hydrogen-bond donors (Lipinski definition) is 0. The summed E-state index contributed by atoms with van der Waals surface area (Å²) in [6, 6.07) is 30.8. The summed E-state index contributed by atoms with van der Waals surface area (Å²) in [6.45, 7) is 5.43. The molecule has 0 N–H and O–H groups in total. The number of esters is 1. The molecule has 5 rings (SSSR count). The lowest BCUT2D eigenvalue weighted by molar-refractivity contribution is 0.0515. The van der Waals surface area contributed by atoms with Gasteiger partial charge in [0.25, 0.3) is 0 Å². The molecule has 0 aliphatic carbocycles. The van der Waals surface area contributed by atoms with Crippen LogP contribution in [0.4, 0.5) is 0 Å². The summed E-state index contributed by atoms with van der Waals surface area (Å²) in [6.07, 6.45) is 0.752. The first-order valence-electron chi connectivity index (χ1n) is 12.1. The minimum absolute atomic E-state index is 0.296. The van der Waals surface area contributed by atoms with Crippen molar-refractivity contribution >= 4 is 27.6 Å². The number of para-hydroxylation sites is 1. The summed E-state index contributed by atoms with van der Waals surface area (Å²) in [5, 5.41) is 3.32. The molecule has 0 unspecified atom stereocenters. The van der Waals surface area contributed by atoms with Crippen LogP contribution in [0.1, 0.15) is 29.4 Å². The highest BCUT2D eigenvalue weighted by Crippen LogP contribution is 2.36. The highest BCUT2D eigenvalue weighted by atomic mass is 16.5. The van der Waals surface area contributed by atoms with Crippen molar-refractivity contribution in [3.8, 4) is 16.9 Å². The van der Waals surface area contributed by atoms with E-state index in [0.717, 1.165) is 50.5 Å². The van der Waals surface area contributed by atoms with E-state index in [-0.39, 0.29) is 5.97 Å². The molecular weight excluding hydrogens is 434 g/mol. The maximum absolute atomic E-state index is 13.2. The Morgan fingerprint density at radius 2 is 1.60 bits per heavy atom. The molecular formula is C31H29NO3. The van der Waals surface area contributed by atoms with Gasteiger partial charge in [-0.3, -0.25) is 0 Å². The number of carbonyl (C=O) groups excluding carboxylic acids is 1. The van der Waals surface area contributed by atoms with Crippen LogP contribution in [-0.2, 0) is 11.3 Å². The molecule has 0 bridgehead atoms. The summed E-state index contributed by atoms with van der Waals surface area (Å²) in [7, 11) is 0. The number of fused-ring (bicyclic) bond motifs is 2. The fourth-order valence-corrected chi connectivity index (χ4v) is 4.77. The van der Waals surface area contributed by atoms with Crippen LogP contribution in [0.25, 0.3) is 32.8 Å². The number of nitrogens with zero attached hydrogens (tertiary/aromatic N) is 1. The predicted octanol–water partition coefficient (Wildman–Crippen LogP) is 7.42. The number of aromatic nitrogens is 1. The number of hydrogen-bond acceptors (Lipinski definition) is 3. The minimum atomic E-state index is -0.296.